The molecule has 2 atom stereocenters. The average molecular weight is 376 g/mol. The van der Waals surface area contributed by atoms with Crippen LogP contribution in [-0.4, -0.2) is 44.3 Å². The number of benzene rings is 2. The topological polar surface area (TPSA) is 77.9 Å². The van der Waals surface area contributed by atoms with E-state index in [1.165, 1.54) is 4.90 Å². The fourth-order valence-corrected chi connectivity index (χ4v) is 5.36. The summed E-state index contributed by atoms with van der Waals surface area (Å²) in [5.74, 6) is -1.51. The van der Waals surface area contributed by atoms with Gasteiger partial charge in [-0.15, -0.1) is 0 Å². The molecule has 6 nitrogen and oxygen atoms in total. The van der Waals surface area contributed by atoms with Crippen LogP contribution in [0.3, 0.4) is 0 Å². The number of carbonyl (C=O) groups excluding carboxylic acids is 2. The number of amides is 2. The zero-order valence-corrected chi connectivity index (χ0v) is 15.7. The summed E-state index contributed by atoms with van der Waals surface area (Å²) < 4.78 is 0. The molecule has 1 aliphatic carbocycles. The van der Waals surface area contributed by atoms with Gasteiger partial charge in [-0.1, -0.05) is 50.2 Å². The number of fused-ring (bicyclic) bond motifs is 2. The Labute approximate surface area is 162 Å². The molecule has 2 aliphatic heterocycles. The molecule has 0 bridgehead atoms. The van der Waals surface area contributed by atoms with Gasteiger partial charge in [0, 0.05) is 29.6 Å². The molecule has 2 aromatic carbocycles. The molecule has 0 aromatic heterocycles. The summed E-state index contributed by atoms with van der Waals surface area (Å²) in [6.07, 6.45) is 0. The normalized spacial score (nSPS) is 27.0. The molecule has 0 radical (unpaired) electrons. The molecule has 2 heterocycles. The maximum absolute atomic E-state index is 13.1. The van der Waals surface area contributed by atoms with Gasteiger partial charge in [0.05, 0.1) is 6.04 Å². The summed E-state index contributed by atoms with van der Waals surface area (Å²) in [6.45, 7) is 4.28. The molecule has 1 saturated carbocycles. The maximum atomic E-state index is 13.1. The zero-order chi connectivity index (χ0) is 19.8. The molecular weight excluding hydrogens is 356 g/mol. The lowest BCUT2D eigenvalue weighted by Gasteiger charge is -2.29. The van der Waals surface area contributed by atoms with E-state index in [-0.39, 0.29) is 18.4 Å². The van der Waals surface area contributed by atoms with Crippen LogP contribution in [0.25, 0.3) is 0 Å². The van der Waals surface area contributed by atoms with Gasteiger partial charge in [0.1, 0.15) is 0 Å². The predicted octanol–water partition coefficient (Wildman–Crippen LogP) is 2.53. The van der Waals surface area contributed by atoms with E-state index in [0.717, 1.165) is 11.1 Å². The van der Waals surface area contributed by atoms with E-state index < -0.39 is 23.0 Å². The molecule has 2 amide bonds. The number of hydrogen-bond donors (Lipinski definition) is 1. The minimum atomic E-state index is -1.44. The summed E-state index contributed by atoms with van der Waals surface area (Å²) in [5.41, 5.74) is 0.659. The molecule has 142 valence electrons. The Balaban J connectivity index is 1.57. The van der Waals surface area contributed by atoms with Crippen molar-refractivity contribution >= 4 is 17.8 Å². The number of nitrogens with zero attached hydrogens (tertiary/aromatic N) is 2. The first kappa shape index (κ1) is 17.0. The molecule has 2 aromatic rings. The van der Waals surface area contributed by atoms with Crippen LogP contribution >= 0.6 is 0 Å². The van der Waals surface area contributed by atoms with E-state index in [2.05, 4.69) is 0 Å². The molecule has 0 saturated heterocycles. The van der Waals surface area contributed by atoms with Gasteiger partial charge in [0.25, 0.3) is 11.8 Å². The van der Waals surface area contributed by atoms with Crippen molar-refractivity contribution in [3.8, 4) is 0 Å². The number of carbonyl (C=O) groups is 3. The predicted molar refractivity (Wildman–Crippen MR) is 101 cm³/mol. The highest BCUT2D eigenvalue weighted by Crippen LogP contribution is 2.64. The zero-order valence-electron chi connectivity index (χ0n) is 15.7. The van der Waals surface area contributed by atoms with Crippen LogP contribution in [-0.2, 0) is 17.9 Å². The summed E-state index contributed by atoms with van der Waals surface area (Å²) in [5, 5.41) is 10.3. The van der Waals surface area contributed by atoms with Crippen LogP contribution in [0.1, 0.15) is 45.7 Å². The molecule has 28 heavy (non-hydrogen) atoms. The largest absolute Gasteiger partial charge is 0.479 e. The van der Waals surface area contributed by atoms with Crippen molar-refractivity contribution in [1.82, 2.24) is 9.80 Å². The summed E-state index contributed by atoms with van der Waals surface area (Å²) in [6, 6.07) is 14.0. The van der Waals surface area contributed by atoms with Crippen LogP contribution in [0.4, 0.5) is 0 Å². The minimum absolute atomic E-state index is 0.166. The Bertz CT molecular complexity index is 1060. The first-order valence-corrected chi connectivity index (χ1v) is 9.34. The third-order valence-electron chi connectivity index (χ3n) is 6.71. The third-order valence-corrected chi connectivity index (χ3v) is 6.71. The molecule has 1 fully saturated rings. The van der Waals surface area contributed by atoms with Crippen molar-refractivity contribution in [3.05, 3.63) is 70.8 Å². The van der Waals surface area contributed by atoms with Crippen molar-refractivity contribution in [2.24, 2.45) is 5.41 Å². The lowest BCUT2D eigenvalue weighted by Crippen LogP contribution is -2.51. The monoisotopic (exact) mass is 376 g/mol. The van der Waals surface area contributed by atoms with E-state index in [1.807, 2.05) is 44.2 Å². The van der Waals surface area contributed by atoms with Gasteiger partial charge in [0.2, 0.25) is 0 Å². The first-order chi connectivity index (χ1) is 13.3. The Morgan fingerprint density at radius 2 is 1.46 bits per heavy atom. The molecular formula is C22H20N2O4. The van der Waals surface area contributed by atoms with Gasteiger partial charge in [-0.3, -0.25) is 9.59 Å². The lowest BCUT2D eigenvalue weighted by atomic mass is 10.0. The van der Waals surface area contributed by atoms with E-state index in [0.29, 0.717) is 17.7 Å². The highest BCUT2D eigenvalue weighted by Gasteiger charge is 2.83. The van der Waals surface area contributed by atoms with Gasteiger partial charge in [-0.05, 0) is 23.3 Å². The van der Waals surface area contributed by atoms with Crippen LogP contribution in [0.15, 0.2) is 48.5 Å². The lowest BCUT2D eigenvalue weighted by molar-refractivity contribution is -0.146. The van der Waals surface area contributed by atoms with Crippen molar-refractivity contribution in [1.29, 1.82) is 0 Å². The van der Waals surface area contributed by atoms with Crippen LogP contribution in [0.5, 0.6) is 0 Å². The fraction of sp³-hybridized carbons (Fsp3) is 0.318. The summed E-state index contributed by atoms with van der Waals surface area (Å²) in [4.78, 5) is 41.8. The number of aliphatic carboxylic acids is 1. The highest BCUT2D eigenvalue weighted by atomic mass is 16.4. The third kappa shape index (κ3) is 1.80. The van der Waals surface area contributed by atoms with Crippen molar-refractivity contribution in [2.75, 3.05) is 0 Å². The average Bonchev–Trinajstić information content (AvgIpc) is 2.90. The Morgan fingerprint density at radius 1 is 0.929 bits per heavy atom. The second-order valence-corrected chi connectivity index (χ2v) is 8.33. The van der Waals surface area contributed by atoms with E-state index in [9.17, 15) is 19.5 Å². The molecule has 2 unspecified atom stereocenters. The Hall–Kier alpha value is -3.15. The second-order valence-electron chi connectivity index (χ2n) is 8.33. The van der Waals surface area contributed by atoms with Gasteiger partial charge >= 0.3 is 5.97 Å². The molecule has 6 heteroatoms. The molecule has 1 N–H and O–H groups in total. The molecule has 3 aliphatic rings. The molecule has 5 rings (SSSR count). The van der Waals surface area contributed by atoms with Gasteiger partial charge in [0.15, 0.2) is 5.54 Å². The number of carboxylic acids is 1. The number of hydrogen-bond acceptors (Lipinski definition) is 3. The summed E-state index contributed by atoms with van der Waals surface area (Å²) in [7, 11) is 0. The Kier molecular flexibility index (Phi) is 3.17. The van der Waals surface area contributed by atoms with Crippen LogP contribution in [0.2, 0.25) is 0 Å². The summed E-state index contributed by atoms with van der Waals surface area (Å²) >= 11 is 0. The standard InChI is InChI=1S/C22H20N2O4/c1-21(2)19(23-11-13-7-3-5-9-15(13)17(23)25)22(21,20(27)28)24-12-14-8-4-6-10-16(14)18(24)26/h3-10,19H,11-12H2,1-2H3,(H,27,28). The van der Waals surface area contributed by atoms with Gasteiger partial charge in [-0.2, -0.15) is 0 Å². The quantitative estimate of drug-likeness (QED) is 0.893. The number of rotatable bonds is 3. The van der Waals surface area contributed by atoms with Crippen molar-refractivity contribution in [2.45, 2.75) is 38.5 Å². The van der Waals surface area contributed by atoms with Crippen molar-refractivity contribution < 1.29 is 19.5 Å². The Morgan fingerprint density at radius 3 is 2.00 bits per heavy atom. The molecule has 0 spiro atoms. The van der Waals surface area contributed by atoms with Crippen LogP contribution < -0.4 is 0 Å². The van der Waals surface area contributed by atoms with E-state index in [1.54, 1.807) is 23.1 Å². The van der Waals surface area contributed by atoms with Crippen molar-refractivity contribution in [3.63, 3.8) is 0 Å². The maximum Gasteiger partial charge on any atom is 0.332 e. The van der Waals surface area contributed by atoms with Crippen LogP contribution in [0, 0.1) is 5.41 Å². The van der Waals surface area contributed by atoms with E-state index in [4.69, 9.17) is 0 Å². The van der Waals surface area contributed by atoms with Gasteiger partial charge in [-0.25, -0.2) is 4.79 Å². The first-order valence-electron chi connectivity index (χ1n) is 9.34. The highest BCUT2D eigenvalue weighted by molar-refractivity contribution is 6.05. The second kappa shape index (κ2) is 5.22. The number of carboxylic acid groups (broad SMARTS) is 1. The smallest absolute Gasteiger partial charge is 0.332 e. The van der Waals surface area contributed by atoms with E-state index >= 15 is 0 Å². The van der Waals surface area contributed by atoms with Gasteiger partial charge < -0.3 is 14.9 Å². The fourth-order valence-electron chi connectivity index (χ4n) is 5.36. The SMILES string of the molecule is CC1(C)C(N2Cc3ccccc3C2=O)C1(C(=O)O)N1Cc2ccccc2C1=O. The minimum Gasteiger partial charge on any atom is -0.479 e.